The highest BCUT2D eigenvalue weighted by Crippen LogP contribution is 2.32. The average Bonchev–Trinajstić information content (AvgIpc) is 2.96. The highest BCUT2D eigenvalue weighted by atomic mass is 35.5. The standard InChI is InChI=1S/C17H23FN2O.ClH/c1-2-10-20(12-14-6-3-4-9-16(14)18)17(21)15-8-5-7-13(15)11-19;/h2-4,6,9,13,15H,1,5,7-8,10-12,19H2;1H/t13-,15-;/m1./s1. The minimum Gasteiger partial charge on any atom is -0.334 e. The molecule has 0 radical (unpaired) electrons. The van der Waals surface area contributed by atoms with Crippen molar-refractivity contribution in [2.24, 2.45) is 17.6 Å². The van der Waals surface area contributed by atoms with E-state index in [-0.39, 0.29) is 42.5 Å². The third-order valence-electron chi connectivity index (χ3n) is 4.26. The predicted molar refractivity (Wildman–Crippen MR) is 89.1 cm³/mol. The van der Waals surface area contributed by atoms with Crippen molar-refractivity contribution >= 4 is 18.3 Å². The molecular formula is C17H24ClFN2O. The fraction of sp³-hybridized carbons (Fsp3) is 0.471. The van der Waals surface area contributed by atoms with Crippen LogP contribution in [0.1, 0.15) is 24.8 Å². The van der Waals surface area contributed by atoms with Crippen LogP contribution in [0, 0.1) is 17.7 Å². The fourth-order valence-corrected chi connectivity index (χ4v) is 3.10. The molecule has 1 aromatic carbocycles. The molecule has 3 nitrogen and oxygen atoms in total. The summed E-state index contributed by atoms with van der Waals surface area (Å²) in [5, 5.41) is 0. The van der Waals surface area contributed by atoms with Crippen LogP contribution < -0.4 is 5.73 Å². The molecular weight excluding hydrogens is 303 g/mol. The van der Waals surface area contributed by atoms with Crippen molar-refractivity contribution in [3.05, 3.63) is 48.3 Å². The van der Waals surface area contributed by atoms with E-state index in [4.69, 9.17) is 5.73 Å². The maximum Gasteiger partial charge on any atom is 0.226 e. The van der Waals surface area contributed by atoms with Crippen LogP contribution >= 0.6 is 12.4 Å². The van der Waals surface area contributed by atoms with Crippen molar-refractivity contribution in [1.82, 2.24) is 4.90 Å². The van der Waals surface area contributed by atoms with Crippen LogP contribution in [0.5, 0.6) is 0 Å². The van der Waals surface area contributed by atoms with E-state index in [1.54, 1.807) is 29.2 Å². The second kappa shape index (κ2) is 8.91. The first-order valence-electron chi connectivity index (χ1n) is 7.50. The fourth-order valence-electron chi connectivity index (χ4n) is 3.10. The van der Waals surface area contributed by atoms with Gasteiger partial charge in [-0.05, 0) is 31.4 Å². The molecule has 2 atom stereocenters. The van der Waals surface area contributed by atoms with Crippen LogP contribution in [-0.2, 0) is 11.3 Å². The van der Waals surface area contributed by atoms with E-state index in [1.807, 2.05) is 0 Å². The van der Waals surface area contributed by atoms with Crippen LogP contribution in [0.15, 0.2) is 36.9 Å². The Hall–Kier alpha value is -1.39. The van der Waals surface area contributed by atoms with E-state index < -0.39 is 0 Å². The lowest BCUT2D eigenvalue weighted by Gasteiger charge is -2.27. The van der Waals surface area contributed by atoms with E-state index >= 15 is 0 Å². The molecule has 2 N–H and O–H groups in total. The molecule has 0 saturated heterocycles. The lowest BCUT2D eigenvalue weighted by atomic mass is 9.94. The normalized spacial score (nSPS) is 20.3. The maximum absolute atomic E-state index is 13.8. The van der Waals surface area contributed by atoms with Crippen LogP contribution in [-0.4, -0.2) is 23.9 Å². The predicted octanol–water partition coefficient (Wildman–Crippen LogP) is 3.14. The van der Waals surface area contributed by atoms with Gasteiger partial charge in [0, 0.05) is 24.6 Å². The molecule has 0 aliphatic heterocycles. The lowest BCUT2D eigenvalue weighted by Crippen LogP contribution is -2.39. The molecule has 1 saturated carbocycles. The monoisotopic (exact) mass is 326 g/mol. The zero-order chi connectivity index (χ0) is 15.2. The minimum atomic E-state index is -0.277. The molecule has 1 aliphatic carbocycles. The van der Waals surface area contributed by atoms with Crippen LogP contribution in [0.25, 0.3) is 0 Å². The summed E-state index contributed by atoms with van der Waals surface area (Å²) in [6.07, 6.45) is 4.62. The first-order valence-corrected chi connectivity index (χ1v) is 7.50. The Morgan fingerprint density at radius 2 is 2.14 bits per heavy atom. The number of amides is 1. The average molecular weight is 327 g/mol. The molecule has 0 aromatic heterocycles. The third-order valence-corrected chi connectivity index (χ3v) is 4.26. The lowest BCUT2D eigenvalue weighted by molar-refractivity contribution is -0.136. The van der Waals surface area contributed by atoms with E-state index in [2.05, 4.69) is 6.58 Å². The van der Waals surface area contributed by atoms with Crippen LogP contribution in [0.3, 0.4) is 0 Å². The Morgan fingerprint density at radius 1 is 1.41 bits per heavy atom. The van der Waals surface area contributed by atoms with Crippen molar-refractivity contribution in [3.63, 3.8) is 0 Å². The first kappa shape index (κ1) is 18.7. The molecule has 1 amide bonds. The molecule has 0 bridgehead atoms. The summed E-state index contributed by atoms with van der Waals surface area (Å²) in [5.41, 5.74) is 6.30. The highest BCUT2D eigenvalue weighted by molar-refractivity contribution is 5.85. The van der Waals surface area contributed by atoms with Gasteiger partial charge in [-0.15, -0.1) is 19.0 Å². The van der Waals surface area contributed by atoms with Gasteiger partial charge in [-0.3, -0.25) is 4.79 Å². The van der Waals surface area contributed by atoms with Crippen LogP contribution in [0.4, 0.5) is 4.39 Å². The van der Waals surface area contributed by atoms with E-state index in [9.17, 15) is 9.18 Å². The molecule has 5 heteroatoms. The number of hydrogen-bond donors (Lipinski definition) is 1. The van der Waals surface area contributed by atoms with Gasteiger partial charge < -0.3 is 10.6 Å². The third kappa shape index (κ3) is 4.31. The summed E-state index contributed by atoms with van der Waals surface area (Å²) >= 11 is 0. The summed E-state index contributed by atoms with van der Waals surface area (Å²) in [5.74, 6) is 0.0272. The summed E-state index contributed by atoms with van der Waals surface area (Å²) in [6, 6.07) is 6.57. The van der Waals surface area contributed by atoms with Gasteiger partial charge in [0.25, 0.3) is 0 Å². The Kier molecular flexibility index (Phi) is 7.56. The second-order valence-electron chi connectivity index (χ2n) is 5.63. The zero-order valence-electron chi connectivity index (χ0n) is 12.7. The van der Waals surface area contributed by atoms with Crippen LogP contribution in [0.2, 0.25) is 0 Å². The van der Waals surface area contributed by atoms with Crippen molar-refractivity contribution < 1.29 is 9.18 Å². The molecule has 1 fully saturated rings. The number of carbonyl (C=O) groups is 1. The van der Waals surface area contributed by atoms with Gasteiger partial charge in [0.1, 0.15) is 5.82 Å². The molecule has 22 heavy (non-hydrogen) atoms. The Bertz CT molecular complexity index is 509. The van der Waals surface area contributed by atoms with Gasteiger partial charge in [-0.25, -0.2) is 4.39 Å². The number of nitrogens with zero attached hydrogens (tertiary/aromatic N) is 1. The SMILES string of the molecule is C=CCN(Cc1ccccc1F)C(=O)[C@@H]1CCC[C@@H]1CN.Cl. The zero-order valence-corrected chi connectivity index (χ0v) is 13.5. The van der Waals surface area contributed by atoms with Gasteiger partial charge in [0.05, 0.1) is 0 Å². The van der Waals surface area contributed by atoms with Crippen molar-refractivity contribution in [1.29, 1.82) is 0 Å². The summed E-state index contributed by atoms with van der Waals surface area (Å²) in [4.78, 5) is 14.4. The number of carbonyl (C=O) groups excluding carboxylic acids is 1. The molecule has 122 valence electrons. The van der Waals surface area contributed by atoms with Gasteiger partial charge in [-0.1, -0.05) is 30.7 Å². The van der Waals surface area contributed by atoms with E-state index in [0.29, 0.717) is 18.7 Å². The minimum absolute atomic E-state index is 0. The Balaban J connectivity index is 0.00000242. The highest BCUT2D eigenvalue weighted by Gasteiger charge is 2.34. The molecule has 0 spiro atoms. The van der Waals surface area contributed by atoms with Gasteiger partial charge in [0.15, 0.2) is 0 Å². The Morgan fingerprint density at radius 3 is 2.77 bits per heavy atom. The second-order valence-corrected chi connectivity index (χ2v) is 5.63. The molecule has 0 unspecified atom stereocenters. The number of benzene rings is 1. The topological polar surface area (TPSA) is 46.3 Å². The van der Waals surface area contributed by atoms with E-state index in [0.717, 1.165) is 19.3 Å². The number of nitrogens with two attached hydrogens (primary N) is 1. The number of halogens is 2. The van der Waals surface area contributed by atoms with Crippen molar-refractivity contribution in [2.75, 3.05) is 13.1 Å². The van der Waals surface area contributed by atoms with Gasteiger partial charge >= 0.3 is 0 Å². The maximum atomic E-state index is 13.8. The molecule has 0 heterocycles. The number of hydrogen-bond acceptors (Lipinski definition) is 2. The molecule has 2 rings (SSSR count). The quantitative estimate of drug-likeness (QED) is 0.816. The molecule has 1 aliphatic rings. The summed E-state index contributed by atoms with van der Waals surface area (Å²) in [6.45, 7) is 4.95. The van der Waals surface area contributed by atoms with Crippen molar-refractivity contribution in [3.8, 4) is 0 Å². The Labute approximate surface area is 137 Å². The molecule has 1 aromatic rings. The largest absolute Gasteiger partial charge is 0.334 e. The summed E-state index contributed by atoms with van der Waals surface area (Å²) in [7, 11) is 0. The van der Waals surface area contributed by atoms with Crippen molar-refractivity contribution in [2.45, 2.75) is 25.8 Å². The number of rotatable bonds is 6. The summed E-state index contributed by atoms with van der Waals surface area (Å²) < 4.78 is 13.8. The van der Waals surface area contributed by atoms with E-state index in [1.165, 1.54) is 6.07 Å². The smallest absolute Gasteiger partial charge is 0.226 e. The van der Waals surface area contributed by atoms with Gasteiger partial charge in [0.2, 0.25) is 5.91 Å². The first-order chi connectivity index (χ1) is 10.2. The van der Waals surface area contributed by atoms with Gasteiger partial charge in [-0.2, -0.15) is 0 Å².